The van der Waals surface area contributed by atoms with E-state index in [0.29, 0.717) is 10.7 Å². The topological polar surface area (TPSA) is 64.2 Å². The Morgan fingerprint density at radius 2 is 2.12 bits per heavy atom. The lowest BCUT2D eigenvalue weighted by molar-refractivity contribution is 0.0934. The summed E-state index contributed by atoms with van der Waals surface area (Å²) < 4.78 is 3.52. The monoisotopic (exact) mass is 385 g/mol. The van der Waals surface area contributed by atoms with Gasteiger partial charge in [0.2, 0.25) is 0 Å². The summed E-state index contributed by atoms with van der Waals surface area (Å²) in [6.07, 6.45) is 5.48. The molecule has 1 amide bonds. The smallest absolute Gasteiger partial charge is 0.269 e. The van der Waals surface area contributed by atoms with E-state index < -0.39 is 0 Å². The molecule has 0 saturated carbocycles. The largest absolute Gasteiger partial charge is 0.344 e. The second kappa shape index (κ2) is 6.59. The quantitative estimate of drug-likeness (QED) is 0.578. The number of amides is 1. The number of nitrogens with zero attached hydrogens (tertiary/aromatic N) is 4. The molecule has 4 aromatic rings. The van der Waals surface area contributed by atoms with Crippen LogP contribution in [0.15, 0.2) is 48.2 Å². The molecular formula is C18H16ClN5OS. The fourth-order valence-electron chi connectivity index (χ4n) is 2.76. The van der Waals surface area contributed by atoms with Crippen molar-refractivity contribution in [3.8, 4) is 11.3 Å². The number of benzene rings is 1. The standard InChI is InChI=1S/C18H16ClN5OS/c1-11(12-7-20-23(2)8-12)21-17(25)16-10-26-18-22-15(9-24(16)18)13-5-3-4-6-14(13)19/h3-11H,1-2H3,(H,21,25). The van der Waals surface area contributed by atoms with Crippen LogP contribution in [-0.4, -0.2) is 25.1 Å². The van der Waals surface area contributed by atoms with E-state index in [-0.39, 0.29) is 11.9 Å². The highest BCUT2D eigenvalue weighted by molar-refractivity contribution is 7.15. The zero-order valence-electron chi connectivity index (χ0n) is 14.2. The predicted molar refractivity (Wildman–Crippen MR) is 103 cm³/mol. The van der Waals surface area contributed by atoms with Crippen molar-refractivity contribution >= 4 is 33.8 Å². The molecule has 8 heteroatoms. The molecule has 26 heavy (non-hydrogen) atoms. The number of fused-ring (bicyclic) bond motifs is 1. The third-order valence-corrected chi connectivity index (χ3v) is 5.33. The Labute approximate surface area is 159 Å². The summed E-state index contributed by atoms with van der Waals surface area (Å²) >= 11 is 7.68. The molecule has 4 rings (SSSR count). The highest BCUT2D eigenvalue weighted by Crippen LogP contribution is 2.29. The van der Waals surface area contributed by atoms with Crippen LogP contribution in [0.2, 0.25) is 5.02 Å². The average molecular weight is 386 g/mol. The molecule has 132 valence electrons. The number of aryl methyl sites for hydroxylation is 1. The molecule has 0 bridgehead atoms. The number of halogens is 1. The number of thiazole rings is 1. The lowest BCUT2D eigenvalue weighted by atomic mass is 10.2. The van der Waals surface area contributed by atoms with E-state index in [2.05, 4.69) is 15.4 Å². The van der Waals surface area contributed by atoms with Gasteiger partial charge >= 0.3 is 0 Å². The Balaban J connectivity index is 1.62. The number of hydrogen-bond acceptors (Lipinski definition) is 4. The maximum Gasteiger partial charge on any atom is 0.269 e. The van der Waals surface area contributed by atoms with Gasteiger partial charge in [0.15, 0.2) is 4.96 Å². The van der Waals surface area contributed by atoms with Gasteiger partial charge in [0, 0.05) is 35.9 Å². The van der Waals surface area contributed by atoms with Gasteiger partial charge in [-0.25, -0.2) is 4.98 Å². The number of hydrogen-bond donors (Lipinski definition) is 1. The molecule has 1 atom stereocenters. The van der Waals surface area contributed by atoms with Crippen molar-refractivity contribution in [2.24, 2.45) is 7.05 Å². The number of imidazole rings is 1. The maximum atomic E-state index is 12.7. The Morgan fingerprint density at radius 1 is 1.31 bits per heavy atom. The molecule has 1 aromatic carbocycles. The summed E-state index contributed by atoms with van der Waals surface area (Å²) in [5, 5.41) is 9.59. The number of aromatic nitrogens is 4. The zero-order valence-corrected chi connectivity index (χ0v) is 15.8. The summed E-state index contributed by atoms with van der Waals surface area (Å²) in [6.45, 7) is 1.93. The summed E-state index contributed by atoms with van der Waals surface area (Å²) in [7, 11) is 1.85. The molecule has 3 aromatic heterocycles. The first kappa shape index (κ1) is 16.8. The van der Waals surface area contributed by atoms with Crippen molar-refractivity contribution < 1.29 is 4.79 Å². The van der Waals surface area contributed by atoms with Gasteiger partial charge in [-0.05, 0) is 13.0 Å². The molecule has 0 aliphatic heterocycles. The van der Waals surface area contributed by atoms with Gasteiger partial charge in [-0.2, -0.15) is 5.10 Å². The molecule has 0 radical (unpaired) electrons. The van der Waals surface area contributed by atoms with Crippen molar-refractivity contribution in [3.05, 3.63) is 64.5 Å². The first-order chi connectivity index (χ1) is 12.5. The number of carbonyl (C=O) groups excluding carboxylic acids is 1. The molecule has 0 aliphatic rings. The highest BCUT2D eigenvalue weighted by Gasteiger charge is 2.18. The highest BCUT2D eigenvalue weighted by atomic mass is 35.5. The molecule has 0 fully saturated rings. The molecule has 3 heterocycles. The van der Waals surface area contributed by atoms with Crippen LogP contribution >= 0.6 is 22.9 Å². The van der Waals surface area contributed by atoms with E-state index in [4.69, 9.17) is 11.6 Å². The van der Waals surface area contributed by atoms with Crippen LogP contribution in [0, 0.1) is 0 Å². The number of rotatable bonds is 4. The van der Waals surface area contributed by atoms with Crippen LogP contribution in [0.25, 0.3) is 16.2 Å². The number of nitrogens with one attached hydrogen (secondary N) is 1. The fraction of sp³-hybridized carbons (Fsp3) is 0.167. The van der Waals surface area contributed by atoms with Gasteiger partial charge in [0.1, 0.15) is 5.69 Å². The van der Waals surface area contributed by atoms with Gasteiger partial charge < -0.3 is 5.32 Å². The minimum atomic E-state index is -0.157. The van der Waals surface area contributed by atoms with Gasteiger partial charge in [-0.15, -0.1) is 11.3 Å². The van der Waals surface area contributed by atoms with Crippen molar-refractivity contribution in [3.63, 3.8) is 0 Å². The molecule has 0 saturated heterocycles. The van der Waals surface area contributed by atoms with Crippen LogP contribution in [0.3, 0.4) is 0 Å². The molecule has 0 aliphatic carbocycles. The van der Waals surface area contributed by atoms with Crippen molar-refractivity contribution in [2.75, 3.05) is 0 Å². The van der Waals surface area contributed by atoms with Crippen LogP contribution in [0.4, 0.5) is 0 Å². The van der Waals surface area contributed by atoms with Crippen molar-refractivity contribution in [2.45, 2.75) is 13.0 Å². The number of carbonyl (C=O) groups is 1. The summed E-state index contributed by atoms with van der Waals surface area (Å²) in [4.78, 5) is 18.1. The summed E-state index contributed by atoms with van der Waals surface area (Å²) in [5.41, 5.74) is 3.10. The Kier molecular flexibility index (Phi) is 4.26. The average Bonchev–Trinajstić information content (AvgIpc) is 3.30. The molecule has 6 nitrogen and oxygen atoms in total. The lowest BCUT2D eigenvalue weighted by Gasteiger charge is -2.11. The first-order valence-corrected chi connectivity index (χ1v) is 9.29. The van der Waals surface area contributed by atoms with E-state index in [9.17, 15) is 4.79 Å². The van der Waals surface area contributed by atoms with Crippen LogP contribution < -0.4 is 5.32 Å². The molecule has 1 N–H and O–H groups in total. The predicted octanol–water partition coefficient (Wildman–Crippen LogP) is 3.94. The summed E-state index contributed by atoms with van der Waals surface area (Å²) in [6, 6.07) is 7.39. The minimum absolute atomic E-state index is 0.141. The fourth-order valence-corrected chi connectivity index (χ4v) is 3.85. The zero-order chi connectivity index (χ0) is 18.3. The molecular weight excluding hydrogens is 370 g/mol. The first-order valence-electron chi connectivity index (χ1n) is 8.04. The SMILES string of the molecule is CC(NC(=O)c1csc2nc(-c3ccccc3Cl)cn12)c1cnn(C)c1. The van der Waals surface area contributed by atoms with Gasteiger partial charge in [-0.3, -0.25) is 13.9 Å². The second-order valence-electron chi connectivity index (χ2n) is 6.02. The van der Waals surface area contributed by atoms with Gasteiger partial charge in [0.25, 0.3) is 5.91 Å². The molecule has 1 unspecified atom stereocenters. The summed E-state index contributed by atoms with van der Waals surface area (Å²) in [5.74, 6) is -0.157. The van der Waals surface area contributed by atoms with E-state index in [0.717, 1.165) is 21.8 Å². The van der Waals surface area contributed by atoms with Crippen molar-refractivity contribution in [1.82, 2.24) is 24.5 Å². The van der Waals surface area contributed by atoms with Gasteiger partial charge in [0.05, 0.1) is 23.0 Å². The van der Waals surface area contributed by atoms with E-state index >= 15 is 0 Å². The minimum Gasteiger partial charge on any atom is -0.344 e. The van der Waals surface area contributed by atoms with Crippen LogP contribution in [0.1, 0.15) is 29.0 Å². The maximum absolute atomic E-state index is 12.7. The third-order valence-electron chi connectivity index (χ3n) is 4.16. The van der Waals surface area contributed by atoms with Crippen LogP contribution in [-0.2, 0) is 7.05 Å². The second-order valence-corrected chi connectivity index (χ2v) is 7.27. The van der Waals surface area contributed by atoms with Crippen LogP contribution in [0.5, 0.6) is 0 Å². The Hall–Kier alpha value is -2.64. The normalized spacial score (nSPS) is 12.4. The Bertz CT molecular complexity index is 1100. The van der Waals surface area contributed by atoms with E-state index in [1.54, 1.807) is 15.3 Å². The third kappa shape index (κ3) is 3.00. The van der Waals surface area contributed by atoms with E-state index in [1.807, 2.05) is 56.0 Å². The van der Waals surface area contributed by atoms with E-state index in [1.165, 1.54) is 11.3 Å². The van der Waals surface area contributed by atoms with Gasteiger partial charge in [-0.1, -0.05) is 29.8 Å². The molecule has 0 spiro atoms. The van der Waals surface area contributed by atoms with Crippen molar-refractivity contribution in [1.29, 1.82) is 0 Å². The lowest BCUT2D eigenvalue weighted by Crippen LogP contribution is -2.27. The Morgan fingerprint density at radius 3 is 2.85 bits per heavy atom.